The normalized spacial score (nSPS) is 26.5. The van der Waals surface area contributed by atoms with Gasteiger partial charge in [-0.15, -0.1) is 6.58 Å². The smallest absolute Gasteiger partial charge is 0.131 e. The number of fused-ring (bicyclic) bond motifs is 2. The molecule has 0 aliphatic heterocycles. The maximum absolute atomic E-state index is 14.8. The van der Waals surface area contributed by atoms with Crippen molar-refractivity contribution in [1.82, 2.24) is 0 Å². The van der Waals surface area contributed by atoms with Gasteiger partial charge in [0.2, 0.25) is 0 Å². The summed E-state index contributed by atoms with van der Waals surface area (Å²) < 4.78 is 14.8. The number of hydrogen-bond donors (Lipinski definition) is 0. The van der Waals surface area contributed by atoms with Crippen molar-refractivity contribution in [2.24, 2.45) is 17.8 Å². The zero-order valence-electron chi connectivity index (χ0n) is 18.8. The molecule has 1 heteroatoms. The van der Waals surface area contributed by atoms with Crippen LogP contribution in [0.3, 0.4) is 0 Å². The second-order valence-corrected chi connectivity index (χ2v) is 10.1. The van der Waals surface area contributed by atoms with E-state index in [2.05, 4.69) is 37.8 Å². The summed E-state index contributed by atoms with van der Waals surface area (Å²) in [6.07, 6.45) is 17.6. The molecular formula is C29H39F. The monoisotopic (exact) mass is 406 g/mol. The maximum atomic E-state index is 14.8. The highest BCUT2D eigenvalue weighted by Crippen LogP contribution is 2.48. The second-order valence-electron chi connectivity index (χ2n) is 10.1. The number of rotatable bonds is 8. The van der Waals surface area contributed by atoms with Gasteiger partial charge in [-0.1, -0.05) is 63.3 Å². The fourth-order valence-corrected chi connectivity index (χ4v) is 6.29. The van der Waals surface area contributed by atoms with Gasteiger partial charge >= 0.3 is 0 Å². The lowest BCUT2D eigenvalue weighted by Gasteiger charge is -2.42. The lowest BCUT2D eigenvalue weighted by atomic mass is 9.63. The fourth-order valence-electron chi connectivity index (χ4n) is 6.29. The van der Waals surface area contributed by atoms with Gasteiger partial charge in [-0.05, 0) is 97.3 Å². The van der Waals surface area contributed by atoms with Crippen molar-refractivity contribution >= 4 is 10.8 Å². The Balaban J connectivity index is 1.42. The van der Waals surface area contributed by atoms with Gasteiger partial charge in [-0.3, -0.25) is 0 Å². The standard InChI is InChI=1S/C29H39F/c1-3-5-7-9-21-10-11-24-19-25(13-12-23(24)16-21)26-14-15-27-17-22(8-6-4-2)18-29(30)28(27)20-26/h4,14-15,17-18,20-21,23-25H,2-3,5-13,16,19H2,1H3. The van der Waals surface area contributed by atoms with Crippen molar-refractivity contribution in [2.75, 3.05) is 0 Å². The van der Waals surface area contributed by atoms with Crippen molar-refractivity contribution in [3.63, 3.8) is 0 Å². The van der Waals surface area contributed by atoms with Gasteiger partial charge in [-0.2, -0.15) is 0 Å². The van der Waals surface area contributed by atoms with E-state index in [1.54, 1.807) is 6.07 Å². The molecule has 0 N–H and O–H groups in total. The Morgan fingerprint density at radius 3 is 2.67 bits per heavy atom. The number of halogens is 1. The molecule has 2 aromatic rings. The summed E-state index contributed by atoms with van der Waals surface area (Å²) in [5, 5.41) is 1.84. The number of benzene rings is 2. The number of allylic oxidation sites excluding steroid dienone is 1. The third kappa shape index (κ3) is 4.98. The van der Waals surface area contributed by atoms with E-state index >= 15 is 0 Å². The van der Waals surface area contributed by atoms with Crippen LogP contribution in [0.15, 0.2) is 43.0 Å². The summed E-state index contributed by atoms with van der Waals surface area (Å²) in [7, 11) is 0. The Bertz CT molecular complexity index is 851. The van der Waals surface area contributed by atoms with Gasteiger partial charge in [0.05, 0.1) is 0 Å². The van der Waals surface area contributed by atoms with E-state index in [0.717, 1.165) is 46.9 Å². The molecule has 0 heterocycles. The van der Waals surface area contributed by atoms with Crippen LogP contribution in [0.25, 0.3) is 10.8 Å². The van der Waals surface area contributed by atoms with Crippen molar-refractivity contribution in [3.8, 4) is 0 Å². The third-order valence-electron chi connectivity index (χ3n) is 8.03. The van der Waals surface area contributed by atoms with Gasteiger partial charge in [0, 0.05) is 5.39 Å². The molecule has 4 unspecified atom stereocenters. The highest BCUT2D eigenvalue weighted by atomic mass is 19.1. The SMILES string of the molecule is C=CCCc1cc(F)c2cc(C3CCC4CC(CCCCC)CCC4C3)ccc2c1. The van der Waals surface area contributed by atoms with E-state index in [-0.39, 0.29) is 5.82 Å². The topological polar surface area (TPSA) is 0 Å². The molecule has 4 rings (SSSR count). The quantitative estimate of drug-likeness (QED) is 0.303. The zero-order chi connectivity index (χ0) is 20.9. The van der Waals surface area contributed by atoms with Crippen LogP contribution in [-0.2, 0) is 6.42 Å². The largest absolute Gasteiger partial charge is 0.206 e. The van der Waals surface area contributed by atoms with E-state index in [1.807, 2.05) is 6.08 Å². The van der Waals surface area contributed by atoms with Crippen LogP contribution in [0, 0.1) is 23.6 Å². The lowest BCUT2D eigenvalue weighted by molar-refractivity contribution is 0.113. The first-order chi connectivity index (χ1) is 14.7. The van der Waals surface area contributed by atoms with Crippen molar-refractivity contribution in [3.05, 3.63) is 59.9 Å². The van der Waals surface area contributed by atoms with E-state index < -0.39 is 0 Å². The van der Waals surface area contributed by atoms with Crippen molar-refractivity contribution in [2.45, 2.75) is 89.9 Å². The molecule has 2 aromatic carbocycles. The van der Waals surface area contributed by atoms with Gasteiger partial charge in [0.25, 0.3) is 0 Å². The Labute approximate surface area is 183 Å². The molecule has 2 fully saturated rings. The molecule has 0 aromatic heterocycles. The van der Waals surface area contributed by atoms with Gasteiger partial charge < -0.3 is 0 Å². The maximum Gasteiger partial charge on any atom is 0.131 e. The average molecular weight is 407 g/mol. The molecular weight excluding hydrogens is 367 g/mol. The Morgan fingerprint density at radius 2 is 1.83 bits per heavy atom. The van der Waals surface area contributed by atoms with Gasteiger partial charge in [0.15, 0.2) is 0 Å². The molecule has 0 nitrogen and oxygen atoms in total. The minimum atomic E-state index is -0.0605. The Hall–Kier alpha value is -1.63. The summed E-state index contributed by atoms with van der Waals surface area (Å²) in [6.45, 7) is 6.08. The van der Waals surface area contributed by atoms with Gasteiger partial charge in [-0.25, -0.2) is 4.39 Å². The predicted molar refractivity (Wildman–Crippen MR) is 127 cm³/mol. The van der Waals surface area contributed by atoms with Crippen LogP contribution in [0.2, 0.25) is 0 Å². The molecule has 0 bridgehead atoms. The second kappa shape index (κ2) is 10.1. The number of hydrogen-bond acceptors (Lipinski definition) is 0. The highest BCUT2D eigenvalue weighted by molar-refractivity contribution is 5.84. The zero-order valence-corrected chi connectivity index (χ0v) is 18.8. The van der Waals surface area contributed by atoms with E-state index in [4.69, 9.17) is 0 Å². The number of unbranched alkanes of at least 4 members (excludes halogenated alkanes) is 2. The first kappa shape index (κ1) is 21.6. The summed E-state index contributed by atoms with van der Waals surface area (Å²) in [5.41, 5.74) is 2.44. The summed E-state index contributed by atoms with van der Waals surface area (Å²) in [4.78, 5) is 0. The highest BCUT2D eigenvalue weighted by Gasteiger charge is 2.35. The van der Waals surface area contributed by atoms with E-state index in [1.165, 1.54) is 69.8 Å². The lowest BCUT2D eigenvalue weighted by Crippen LogP contribution is -2.30. The van der Waals surface area contributed by atoms with Crippen LogP contribution in [0.1, 0.15) is 94.6 Å². The van der Waals surface area contributed by atoms with Gasteiger partial charge in [0.1, 0.15) is 5.82 Å². The Morgan fingerprint density at radius 1 is 1.00 bits per heavy atom. The molecule has 2 aliphatic rings. The van der Waals surface area contributed by atoms with Crippen LogP contribution >= 0.6 is 0 Å². The summed E-state index contributed by atoms with van der Waals surface area (Å²) >= 11 is 0. The number of aryl methyl sites for hydroxylation is 1. The molecule has 162 valence electrons. The molecule has 0 saturated heterocycles. The van der Waals surface area contributed by atoms with Crippen LogP contribution in [-0.4, -0.2) is 0 Å². The fraction of sp³-hybridized carbons (Fsp3) is 0.586. The van der Waals surface area contributed by atoms with Crippen molar-refractivity contribution in [1.29, 1.82) is 0 Å². The predicted octanol–water partition coefficient (Wildman–Crippen LogP) is 8.98. The summed E-state index contributed by atoms with van der Waals surface area (Å²) in [5.74, 6) is 3.39. The molecule has 2 saturated carbocycles. The molecule has 0 radical (unpaired) electrons. The van der Waals surface area contributed by atoms with Crippen molar-refractivity contribution < 1.29 is 4.39 Å². The molecule has 4 atom stereocenters. The first-order valence-electron chi connectivity index (χ1n) is 12.5. The average Bonchev–Trinajstić information content (AvgIpc) is 2.77. The van der Waals surface area contributed by atoms with Crippen LogP contribution in [0.4, 0.5) is 4.39 Å². The third-order valence-corrected chi connectivity index (χ3v) is 8.03. The van der Waals surface area contributed by atoms with Crippen LogP contribution in [0.5, 0.6) is 0 Å². The molecule has 2 aliphatic carbocycles. The minimum Gasteiger partial charge on any atom is -0.206 e. The molecule has 30 heavy (non-hydrogen) atoms. The first-order valence-corrected chi connectivity index (χ1v) is 12.5. The van der Waals surface area contributed by atoms with Crippen LogP contribution < -0.4 is 0 Å². The van der Waals surface area contributed by atoms with E-state index in [0.29, 0.717) is 5.92 Å². The summed E-state index contributed by atoms with van der Waals surface area (Å²) in [6, 6.07) is 10.5. The minimum absolute atomic E-state index is 0.0605. The molecule has 0 amide bonds. The molecule has 0 spiro atoms. The van der Waals surface area contributed by atoms with E-state index in [9.17, 15) is 4.39 Å². The Kier molecular flexibility index (Phi) is 7.28.